The number of primary amides is 1. The van der Waals surface area contributed by atoms with Crippen molar-refractivity contribution in [1.82, 2.24) is 9.80 Å². The molecule has 1 fully saturated rings. The first kappa shape index (κ1) is 18.3. The fraction of sp³-hybridized carbons (Fsp3) is 0.471. The van der Waals surface area contributed by atoms with E-state index in [9.17, 15) is 14.4 Å². The smallest absolute Gasteiger partial charge is 0.254 e. The zero-order valence-electron chi connectivity index (χ0n) is 13.8. The highest BCUT2D eigenvalue weighted by atomic mass is 35.5. The monoisotopic (exact) mass is 351 g/mol. The Labute approximate surface area is 146 Å². The lowest BCUT2D eigenvalue weighted by Gasteiger charge is -2.35. The Morgan fingerprint density at radius 3 is 2.29 bits per heavy atom. The summed E-state index contributed by atoms with van der Waals surface area (Å²) in [7, 11) is 0. The first-order valence-electron chi connectivity index (χ1n) is 8.00. The highest BCUT2D eigenvalue weighted by Crippen LogP contribution is 2.18. The van der Waals surface area contributed by atoms with Crippen molar-refractivity contribution in [2.24, 2.45) is 5.73 Å². The molecule has 0 aromatic heterocycles. The number of hydrogen-bond donors (Lipinski definition) is 1. The van der Waals surface area contributed by atoms with Gasteiger partial charge >= 0.3 is 0 Å². The lowest BCUT2D eigenvalue weighted by molar-refractivity contribution is -0.132. The minimum absolute atomic E-state index is 0.00160. The van der Waals surface area contributed by atoms with Gasteiger partial charge in [-0.1, -0.05) is 17.7 Å². The summed E-state index contributed by atoms with van der Waals surface area (Å²) in [5.41, 5.74) is 6.56. The van der Waals surface area contributed by atoms with Crippen LogP contribution < -0.4 is 5.73 Å². The number of nitrogens with two attached hydrogens (primary N) is 1. The average Bonchev–Trinajstić information content (AvgIpc) is 2.56. The maximum atomic E-state index is 12.5. The highest BCUT2D eigenvalue weighted by molar-refractivity contribution is 6.31. The van der Waals surface area contributed by atoms with Crippen molar-refractivity contribution < 1.29 is 14.4 Å². The van der Waals surface area contributed by atoms with E-state index in [2.05, 4.69) is 0 Å². The molecule has 3 amide bonds. The van der Waals surface area contributed by atoms with Gasteiger partial charge in [-0.05, 0) is 31.0 Å². The Balaban J connectivity index is 1.85. The maximum Gasteiger partial charge on any atom is 0.254 e. The molecule has 0 radical (unpaired) electrons. The molecule has 130 valence electrons. The zero-order valence-corrected chi connectivity index (χ0v) is 14.5. The van der Waals surface area contributed by atoms with Crippen LogP contribution in [0, 0.1) is 6.92 Å². The predicted molar refractivity (Wildman–Crippen MR) is 91.7 cm³/mol. The van der Waals surface area contributed by atoms with Crippen molar-refractivity contribution in [2.75, 3.05) is 26.2 Å². The third kappa shape index (κ3) is 4.71. The fourth-order valence-electron chi connectivity index (χ4n) is 2.64. The van der Waals surface area contributed by atoms with E-state index in [1.807, 2.05) is 13.0 Å². The first-order chi connectivity index (χ1) is 11.4. The van der Waals surface area contributed by atoms with Crippen LogP contribution in [-0.2, 0) is 9.59 Å². The zero-order chi connectivity index (χ0) is 17.7. The van der Waals surface area contributed by atoms with Gasteiger partial charge in [-0.25, -0.2) is 0 Å². The molecule has 0 bridgehead atoms. The van der Waals surface area contributed by atoms with Crippen molar-refractivity contribution in [2.45, 2.75) is 26.2 Å². The van der Waals surface area contributed by atoms with Crippen molar-refractivity contribution >= 4 is 29.3 Å². The molecule has 24 heavy (non-hydrogen) atoms. The van der Waals surface area contributed by atoms with Crippen molar-refractivity contribution in [1.29, 1.82) is 0 Å². The van der Waals surface area contributed by atoms with Crippen LogP contribution >= 0.6 is 11.6 Å². The average molecular weight is 352 g/mol. The minimum atomic E-state index is -0.394. The van der Waals surface area contributed by atoms with Crippen LogP contribution in [-0.4, -0.2) is 53.7 Å². The molecule has 2 rings (SSSR count). The van der Waals surface area contributed by atoms with E-state index < -0.39 is 5.91 Å². The summed E-state index contributed by atoms with van der Waals surface area (Å²) in [5, 5.41) is 0.573. The molecule has 1 aliphatic heterocycles. The standard InChI is InChI=1S/C17H22ClN3O3/c1-12-5-6-13(11-14(12)18)17(24)21-9-7-20(8-10-21)16(23)4-2-3-15(19)22/h5-6,11H,2-4,7-10H2,1H3,(H2,19,22). The second-order valence-corrected chi connectivity index (χ2v) is 6.36. The van der Waals surface area contributed by atoms with Crippen LogP contribution in [0.3, 0.4) is 0 Å². The van der Waals surface area contributed by atoms with E-state index in [0.717, 1.165) is 5.56 Å². The van der Waals surface area contributed by atoms with E-state index in [0.29, 0.717) is 49.6 Å². The van der Waals surface area contributed by atoms with E-state index in [4.69, 9.17) is 17.3 Å². The molecule has 1 aromatic rings. The van der Waals surface area contributed by atoms with Crippen LogP contribution in [0.1, 0.15) is 35.2 Å². The number of carbonyl (C=O) groups excluding carboxylic acids is 3. The Morgan fingerprint density at radius 2 is 1.71 bits per heavy atom. The van der Waals surface area contributed by atoms with Gasteiger partial charge in [0.2, 0.25) is 11.8 Å². The molecule has 1 saturated heterocycles. The third-order valence-electron chi connectivity index (χ3n) is 4.15. The van der Waals surface area contributed by atoms with Gasteiger partial charge in [0.05, 0.1) is 0 Å². The molecular weight excluding hydrogens is 330 g/mol. The Hall–Kier alpha value is -2.08. The van der Waals surface area contributed by atoms with Gasteiger partial charge in [0.25, 0.3) is 5.91 Å². The largest absolute Gasteiger partial charge is 0.370 e. The van der Waals surface area contributed by atoms with E-state index >= 15 is 0 Å². The molecule has 1 aromatic carbocycles. The van der Waals surface area contributed by atoms with Gasteiger partial charge in [0, 0.05) is 49.6 Å². The van der Waals surface area contributed by atoms with Gasteiger partial charge in [0.1, 0.15) is 0 Å². The quantitative estimate of drug-likeness (QED) is 0.874. The summed E-state index contributed by atoms with van der Waals surface area (Å²) in [6, 6.07) is 5.28. The molecule has 7 heteroatoms. The molecule has 0 saturated carbocycles. The number of carbonyl (C=O) groups is 3. The molecule has 0 spiro atoms. The number of nitrogens with zero attached hydrogens (tertiary/aromatic N) is 2. The molecule has 1 aliphatic rings. The lowest BCUT2D eigenvalue weighted by Crippen LogP contribution is -2.50. The van der Waals surface area contributed by atoms with Gasteiger partial charge in [-0.3, -0.25) is 14.4 Å². The molecule has 6 nitrogen and oxygen atoms in total. The van der Waals surface area contributed by atoms with Crippen molar-refractivity contribution in [3.63, 3.8) is 0 Å². The second kappa shape index (κ2) is 8.15. The molecule has 2 N–H and O–H groups in total. The second-order valence-electron chi connectivity index (χ2n) is 5.96. The fourth-order valence-corrected chi connectivity index (χ4v) is 2.82. The minimum Gasteiger partial charge on any atom is -0.370 e. The van der Waals surface area contributed by atoms with Crippen molar-refractivity contribution in [3.05, 3.63) is 34.3 Å². The number of aryl methyl sites for hydroxylation is 1. The van der Waals surface area contributed by atoms with E-state index in [1.165, 1.54) is 0 Å². The van der Waals surface area contributed by atoms with E-state index in [1.54, 1.807) is 21.9 Å². The maximum absolute atomic E-state index is 12.5. The summed E-state index contributed by atoms with van der Waals surface area (Å²) in [6.45, 7) is 3.87. The van der Waals surface area contributed by atoms with Crippen LogP contribution in [0.4, 0.5) is 0 Å². The normalized spacial score (nSPS) is 14.6. The Kier molecular flexibility index (Phi) is 6.20. The van der Waals surface area contributed by atoms with Crippen molar-refractivity contribution in [3.8, 4) is 0 Å². The molecule has 0 unspecified atom stereocenters. The molecule has 0 aliphatic carbocycles. The molecular formula is C17H22ClN3O3. The first-order valence-corrected chi connectivity index (χ1v) is 8.38. The van der Waals surface area contributed by atoms with Crippen LogP contribution in [0.2, 0.25) is 5.02 Å². The topological polar surface area (TPSA) is 83.7 Å². The summed E-state index contributed by atoms with van der Waals surface area (Å²) >= 11 is 6.08. The number of piperazine rings is 1. The third-order valence-corrected chi connectivity index (χ3v) is 4.56. The van der Waals surface area contributed by atoms with Gasteiger partial charge in [-0.2, -0.15) is 0 Å². The Bertz CT molecular complexity index is 640. The number of benzene rings is 1. The number of hydrogen-bond acceptors (Lipinski definition) is 3. The number of amides is 3. The van der Waals surface area contributed by atoms with Crippen LogP contribution in [0.5, 0.6) is 0 Å². The van der Waals surface area contributed by atoms with Gasteiger partial charge < -0.3 is 15.5 Å². The van der Waals surface area contributed by atoms with Gasteiger partial charge in [-0.15, -0.1) is 0 Å². The summed E-state index contributed by atoms with van der Waals surface area (Å²) in [6.07, 6.45) is 0.998. The summed E-state index contributed by atoms with van der Waals surface area (Å²) < 4.78 is 0. The summed E-state index contributed by atoms with van der Waals surface area (Å²) in [4.78, 5) is 38.7. The SMILES string of the molecule is Cc1ccc(C(=O)N2CCN(C(=O)CCCC(N)=O)CC2)cc1Cl. The Morgan fingerprint density at radius 1 is 1.08 bits per heavy atom. The molecule has 0 atom stereocenters. The summed E-state index contributed by atoms with van der Waals surface area (Å²) in [5.74, 6) is -0.463. The number of rotatable bonds is 5. The lowest BCUT2D eigenvalue weighted by atomic mass is 10.1. The van der Waals surface area contributed by atoms with Crippen LogP contribution in [0.25, 0.3) is 0 Å². The number of halogens is 1. The van der Waals surface area contributed by atoms with E-state index in [-0.39, 0.29) is 18.2 Å². The van der Waals surface area contributed by atoms with Crippen LogP contribution in [0.15, 0.2) is 18.2 Å². The predicted octanol–water partition coefficient (Wildman–Crippen LogP) is 1.59. The van der Waals surface area contributed by atoms with Gasteiger partial charge in [0.15, 0.2) is 0 Å². The molecule has 1 heterocycles. The highest BCUT2D eigenvalue weighted by Gasteiger charge is 2.24.